The zero-order chi connectivity index (χ0) is 14.0. The van der Waals surface area contributed by atoms with Gasteiger partial charge in [-0.15, -0.1) is 0 Å². The molecule has 2 atom stereocenters. The van der Waals surface area contributed by atoms with Crippen molar-refractivity contribution in [2.45, 2.75) is 45.1 Å². The van der Waals surface area contributed by atoms with Crippen molar-refractivity contribution in [2.75, 3.05) is 7.11 Å². The number of ketones is 1. The summed E-state index contributed by atoms with van der Waals surface area (Å²) in [4.78, 5) is 12.7. The standard InChI is InChI=1S/C16H21FO2/c1-11-5-4-6-16(10-11,19-3)15(18)13-7-12(2)8-14(17)9-13/h7-9,11H,4-6,10H2,1-3H3. The fraction of sp³-hybridized carbons (Fsp3) is 0.562. The zero-order valence-electron chi connectivity index (χ0n) is 11.8. The summed E-state index contributed by atoms with van der Waals surface area (Å²) in [6, 6.07) is 4.49. The second-order valence-corrected chi connectivity index (χ2v) is 5.75. The summed E-state index contributed by atoms with van der Waals surface area (Å²) in [5, 5.41) is 0. The maximum Gasteiger partial charge on any atom is 0.194 e. The summed E-state index contributed by atoms with van der Waals surface area (Å²) in [6.07, 6.45) is 3.55. The molecule has 1 saturated carbocycles. The van der Waals surface area contributed by atoms with Crippen LogP contribution in [0, 0.1) is 18.7 Å². The molecule has 1 fully saturated rings. The first kappa shape index (κ1) is 14.2. The first-order valence-electron chi connectivity index (χ1n) is 6.84. The Morgan fingerprint density at radius 1 is 1.42 bits per heavy atom. The highest BCUT2D eigenvalue weighted by Crippen LogP contribution is 2.37. The monoisotopic (exact) mass is 264 g/mol. The smallest absolute Gasteiger partial charge is 0.194 e. The molecule has 0 N–H and O–H groups in total. The van der Waals surface area contributed by atoms with Gasteiger partial charge in [-0.2, -0.15) is 0 Å². The number of hydrogen-bond donors (Lipinski definition) is 0. The Morgan fingerprint density at radius 2 is 2.16 bits per heavy atom. The minimum absolute atomic E-state index is 0.0795. The van der Waals surface area contributed by atoms with Gasteiger partial charge >= 0.3 is 0 Å². The quantitative estimate of drug-likeness (QED) is 0.774. The molecule has 0 heterocycles. The Balaban J connectivity index is 2.34. The van der Waals surface area contributed by atoms with Crippen LogP contribution in [0.5, 0.6) is 0 Å². The average molecular weight is 264 g/mol. The van der Waals surface area contributed by atoms with Gasteiger partial charge in [-0.25, -0.2) is 4.39 Å². The van der Waals surface area contributed by atoms with Crippen LogP contribution in [-0.4, -0.2) is 18.5 Å². The predicted octanol–water partition coefficient (Wildman–Crippen LogP) is 3.91. The van der Waals surface area contributed by atoms with E-state index in [0.717, 1.165) is 31.2 Å². The number of rotatable bonds is 3. The maximum absolute atomic E-state index is 13.5. The van der Waals surface area contributed by atoms with E-state index in [1.54, 1.807) is 20.1 Å². The minimum atomic E-state index is -0.766. The third-order valence-electron chi connectivity index (χ3n) is 4.06. The highest BCUT2D eigenvalue weighted by molar-refractivity contribution is 6.02. The number of methoxy groups -OCH3 is 1. The number of halogens is 1. The van der Waals surface area contributed by atoms with Crippen molar-refractivity contribution in [3.05, 3.63) is 35.1 Å². The van der Waals surface area contributed by atoms with Crippen LogP contribution < -0.4 is 0 Å². The molecule has 0 radical (unpaired) electrons. The van der Waals surface area contributed by atoms with Gasteiger partial charge in [0.05, 0.1) is 0 Å². The van der Waals surface area contributed by atoms with Crippen LogP contribution in [0.15, 0.2) is 18.2 Å². The fourth-order valence-corrected chi connectivity index (χ4v) is 3.12. The van der Waals surface area contributed by atoms with Gasteiger partial charge in [0.15, 0.2) is 5.78 Å². The molecule has 0 amide bonds. The Morgan fingerprint density at radius 3 is 2.74 bits per heavy atom. The Labute approximate surface area is 114 Å². The van der Waals surface area contributed by atoms with Crippen LogP contribution in [-0.2, 0) is 4.74 Å². The molecule has 0 saturated heterocycles. The number of Topliss-reactive ketones (excluding diaryl/α,β-unsaturated/α-hetero) is 1. The largest absolute Gasteiger partial charge is 0.370 e. The van der Waals surface area contributed by atoms with Crippen LogP contribution in [0.25, 0.3) is 0 Å². The van der Waals surface area contributed by atoms with Gasteiger partial charge in [-0.3, -0.25) is 4.79 Å². The molecular weight excluding hydrogens is 243 g/mol. The lowest BCUT2D eigenvalue weighted by Crippen LogP contribution is -2.44. The van der Waals surface area contributed by atoms with Gasteiger partial charge in [-0.1, -0.05) is 13.3 Å². The van der Waals surface area contributed by atoms with Crippen molar-refractivity contribution < 1.29 is 13.9 Å². The van der Waals surface area contributed by atoms with Crippen molar-refractivity contribution in [3.63, 3.8) is 0 Å². The lowest BCUT2D eigenvalue weighted by molar-refractivity contribution is -0.0302. The summed E-state index contributed by atoms with van der Waals surface area (Å²) in [7, 11) is 1.59. The predicted molar refractivity (Wildman–Crippen MR) is 72.8 cm³/mol. The number of aryl methyl sites for hydroxylation is 1. The normalized spacial score (nSPS) is 27.3. The number of hydrogen-bond acceptors (Lipinski definition) is 2. The summed E-state index contributed by atoms with van der Waals surface area (Å²) in [5.41, 5.74) is 0.421. The molecule has 1 aromatic carbocycles. The lowest BCUT2D eigenvalue weighted by Gasteiger charge is -2.37. The maximum atomic E-state index is 13.5. The van der Waals surface area contributed by atoms with E-state index < -0.39 is 5.60 Å². The van der Waals surface area contributed by atoms with Crippen molar-refractivity contribution in [3.8, 4) is 0 Å². The van der Waals surface area contributed by atoms with Crippen LogP contribution in [0.2, 0.25) is 0 Å². The molecule has 1 aliphatic rings. The van der Waals surface area contributed by atoms with E-state index in [9.17, 15) is 9.18 Å². The van der Waals surface area contributed by atoms with E-state index in [0.29, 0.717) is 11.5 Å². The van der Waals surface area contributed by atoms with Gasteiger partial charge in [0, 0.05) is 12.7 Å². The third-order valence-corrected chi connectivity index (χ3v) is 4.06. The zero-order valence-corrected chi connectivity index (χ0v) is 11.8. The fourth-order valence-electron chi connectivity index (χ4n) is 3.12. The summed E-state index contributed by atoms with van der Waals surface area (Å²) < 4.78 is 19.0. The molecule has 0 bridgehead atoms. The molecule has 2 nitrogen and oxygen atoms in total. The third kappa shape index (κ3) is 2.86. The number of carbonyl (C=O) groups excluding carboxylic acids is 1. The Hall–Kier alpha value is -1.22. The minimum Gasteiger partial charge on any atom is -0.370 e. The van der Waals surface area contributed by atoms with Crippen LogP contribution >= 0.6 is 0 Å². The van der Waals surface area contributed by atoms with Crippen LogP contribution in [0.3, 0.4) is 0 Å². The SMILES string of the molecule is COC1(C(=O)c2cc(C)cc(F)c2)CCCC(C)C1. The molecule has 0 aromatic heterocycles. The lowest BCUT2D eigenvalue weighted by atomic mass is 9.74. The summed E-state index contributed by atoms with van der Waals surface area (Å²) >= 11 is 0. The molecular formula is C16H21FO2. The topological polar surface area (TPSA) is 26.3 Å². The summed E-state index contributed by atoms with van der Waals surface area (Å²) in [6.45, 7) is 3.93. The van der Waals surface area contributed by atoms with Crippen LogP contribution in [0.4, 0.5) is 4.39 Å². The molecule has 2 unspecified atom stereocenters. The molecule has 104 valence electrons. The number of benzene rings is 1. The van der Waals surface area contributed by atoms with Crippen molar-refractivity contribution >= 4 is 5.78 Å². The number of carbonyl (C=O) groups is 1. The summed E-state index contributed by atoms with van der Waals surface area (Å²) in [5.74, 6) is 0.0231. The van der Waals surface area contributed by atoms with Crippen LogP contribution in [0.1, 0.15) is 48.5 Å². The van der Waals surface area contributed by atoms with E-state index in [1.165, 1.54) is 12.1 Å². The second-order valence-electron chi connectivity index (χ2n) is 5.75. The first-order valence-corrected chi connectivity index (χ1v) is 6.84. The number of ether oxygens (including phenoxy) is 1. The molecule has 3 heteroatoms. The van der Waals surface area contributed by atoms with Gasteiger partial charge in [0.2, 0.25) is 0 Å². The van der Waals surface area contributed by atoms with E-state index in [1.807, 2.05) is 0 Å². The highest BCUT2D eigenvalue weighted by Gasteiger charge is 2.42. The molecule has 2 rings (SSSR count). The van der Waals surface area contributed by atoms with Crippen molar-refractivity contribution in [1.82, 2.24) is 0 Å². The van der Waals surface area contributed by atoms with E-state index >= 15 is 0 Å². The van der Waals surface area contributed by atoms with Crippen molar-refractivity contribution in [2.24, 2.45) is 5.92 Å². The van der Waals surface area contributed by atoms with Gasteiger partial charge in [0.25, 0.3) is 0 Å². The molecule has 0 spiro atoms. The highest BCUT2D eigenvalue weighted by atomic mass is 19.1. The van der Waals surface area contributed by atoms with Gasteiger partial charge < -0.3 is 4.74 Å². The van der Waals surface area contributed by atoms with Crippen molar-refractivity contribution in [1.29, 1.82) is 0 Å². The van der Waals surface area contributed by atoms with Gasteiger partial charge in [-0.05, 0) is 55.9 Å². The second kappa shape index (κ2) is 5.41. The van der Waals surface area contributed by atoms with E-state index in [-0.39, 0.29) is 11.6 Å². The Bertz CT molecular complexity index is 463. The van der Waals surface area contributed by atoms with Gasteiger partial charge in [0.1, 0.15) is 11.4 Å². The molecule has 19 heavy (non-hydrogen) atoms. The average Bonchev–Trinajstić information content (AvgIpc) is 2.36. The molecule has 1 aliphatic carbocycles. The Kier molecular flexibility index (Phi) is 4.04. The molecule has 0 aliphatic heterocycles. The van der Waals surface area contributed by atoms with E-state index in [4.69, 9.17) is 4.74 Å². The van der Waals surface area contributed by atoms with E-state index in [2.05, 4.69) is 6.92 Å². The molecule has 1 aromatic rings. The first-order chi connectivity index (χ1) is 8.97.